The van der Waals surface area contributed by atoms with Crippen molar-refractivity contribution in [3.05, 3.63) is 104 Å². The van der Waals surface area contributed by atoms with Gasteiger partial charge in [-0.15, -0.1) is 0 Å². The molecule has 35 heavy (non-hydrogen) atoms. The number of hydrogen-bond acceptors (Lipinski definition) is 7. The van der Waals surface area contributed by atoms with Crippen LogP contribution in [0.3, 0.4) is 0 Å². The lowest BCUT2D eigenvalue weighted by Crippen LogP contribution is -2.51. The summed E-state index contributed by atoms with van der Waals surface area (Å²) in [5.74, 6) is -3.08. The van der Waals surface area contributed by atoms with Crippen molar-refractivity contribution in [3.8, 4) is 5.75 Å². The average molecular weight is 494 g/mol. The molecule has 176 valence electrons. The second-order valence-corrected chi connectivity index (χ2v) is 7.78. The highest BCUT2D eigenvalue weighted by Gasteiger charge is 2.46. The predicted molar refractivity (Wildman–Crippen MR) is 123 cm³/mol. The molecule has 1 aliphatic rings. The number of ketones is 1. The molecule has 3 aromatic carbocycles. The standard InChI is InChI=1S/C24H16ClN3O7/c1-35-15-11-9-14(10-12-15)20(29)13-26(22(30)16-5-2-3-7-18(16)25)27-23(31)17-6-4-8-19(28(33)34)21(17)24(27)32/h2-12H,13H2,1H3. The van der Waals surface area contributed by atoms with Gasteiger partial charge >= 0.3 is 0 Å². The zero-order valence-corrected chi connectivity index (χ0v) is 18.9. The van der Waals surface area contributed by atoms with Crippen LogP contribution in [-0.4, -0.2) is 52.1 Å². The molecule has 0 spiro atoms. The molecule has 0 aromatic heterocycles. The zero-order chi connectivity index (χ0) is 25.3. The second kappa shape index (κ2) is 9.35. The van der Waals surface area contributed by atoms with E-state index in [1.807, 2.05) is 0 Å². The Morgan fingerprint density at radius 1 is 1.00 bits per heavy atom. The number of fused-ring (bicyclic) bond motifs is 1. The second-order valence-electron chi connectivity index (χ2n) is 7.37. The molecular formula is C24H16ClN3O7. The van der Waals surface area contributed by atoms with E-state index >= 15 is 0 Å². The first-order valence-corrected chi connectivity index (χ1v) is 10.5. The van der Waals surface area contributed by atoms with Crippen molar-refractivity contribution in [1.29, 1.82) is 0 Å². The van der Waals surface area contributed by atoms with Gasteiger partial charge in [-0.3, -0.25) is 29.3 Å². The quantitative estimate of drug-likeness (QED) is 0.212. The summed E-state index contributed by atoms with van der Waals surface area (Å²) in [6.07, 6.45) is 0. The molecule has 4 rings (SSSR count). The Morgan fingerprint density at radius 2 is 1.69 bits per heavy atom. The number of nitro benzene ring substituents is 1. The number of Topliss-reactive ketones (excluding diaryl/α,β-unsaturated/α-hetero) is 1. The maximum Gasteiger partial charge on any atom is 0.287 e. The maximum atomic E-state index is 13.5. The number of benzene rings is 3. The third kappa shape index (κ3) is 4.22. The first kappa shape index (κ1) is 23.6. The zero-order valence-electron chi connectivity index (χ0n) is 18.1. The van der Waals surface area contributed by atoms with E-state index in [4.69, 9.17) is 16.3 Å². The van der Waals surface area contributed by atoms with Gasteiger partial charge in [0.05, 0.1) is 28.2 Å². The van der Waals surface area contributed by atoms with E-state index in [9.17, 15) is 29.3 Å². The highest BCUT2D eigenvalue weighted by molar-refractivity contribution is 6.34. The van der Waals surface area contributed by atoms with E-state index in [0.717, 1.165) is 6.07 Å². The van der Waals surface area contributed by atoms with Crippen LogP contribution in [0.1, 0.15) is 41.4 Å². The summed E-state index contributed by atoms with van der Waals surface area (Å²) in [7, 11) is 1.46. The van der Waals surface area contributed by atoms with Gasteiger partial charge in [-0.05, 0) is 42.5 Å². The van der Waals surface area contributed by atoms with Gasteiger partial charge in [0.2, 0.25) is 0 Å². The number of carbonyl (C=O) groups excluding carboxylic acids is 4. The van der Waals surface area contributed by atoms with Crippen molar-refractivity contribution in [3.63, 3.8) is 0 Å². The van der Waals surface area contributed by atoms with Gasteiger partial charge in [0.25, 0.3) is 23.4 Å². The van der Waals surface area contributed by atoms with E-state index < -0.39 is 46.2 Å². The minimum Gasteiger partial charge on any atom is -0.497 e. The van der Waals surface area contributed by atoms with Crippen molar-refractivity contribution in [2.24, 2.45) is 0 Å². The molecule has 0 unspecified atom stereocenters. The van der Waals surface area contributed by atoms with E-state index in [0.29, 0.717) is 15.8 Å². The van der Waals surface area contributed by atoms with E-state index in [1.165, 1.54) is 49.6 Å². The van der Waals surface area contributed by atoms with Gasteiger partial charge in [-0.2, -0.15) is 5.01 Å². The fraction of sp³-hybridized carbons (Fsp3) is 0.0833. The minimum atomic E-state index is -1.10. The Hall–Kier alpha value is -4.57. The molecule has 10 nitrogen and oxygen atoms in total. The summed E-state index contributed by atoms with van der Waals surface area (Å²) < 4.78 is 5.07. The topological polar surface area (TPSA) is 127 Å². The largest absolute Gasteiger partial charge is 0.497 e. The van der Waals surface area contributed by atoms with Crippen LogP contribution in [-0.2, 0) is 0 Å². The van der Waals surface area contributed by atoms with Crippen molar-refractivity contribution < 1.29 is 28.8 Å². The van der Waals surface area contributed by atoms with E-state index in [2.05, 4.69) is 0 Å². The average Bonchev–Trinajstić information content (AvgIpc) is 3.12. The SMILES string of the molecule is COc1ccc(C(=O)CN(C(=O)c2ccccc2Cl)N2C(=O)c3cccc([N+](=O)[O-])c3C2=O)cc1. The van der Waals surface area contributed by atoms with Crippen LogP contribution in [0, 0.1) is 10.1 Å². The number of hydrazine groups is 1. The summed E-state index contributed by atoms with van der Waals surface area (Å²) in [4.78, 5) is 63.6. The number of imide groups is 1. The molecule has 0 saturated heterocycles. The van der Waals surface area contributed by atoms with Crippen LogP contribution in [0.5, 0.6) is 5.75 Å². The van der Waals surface area contributed by atoms with E-state index in [1.54, 1.807) is 18.2 Å². The third-order valence-corrected chi connectivity index (χ3v) is 5.68. The lowest BCUT2D eigenvalue weighted by atomic mass is 10.1. The number of nitrogens with zero attached hydrogens (tertiary/aromatic N) is 3. The van der Waals surface area contributed by atoms with Crippen LogP contribution in [0.2, 0.25) is 5.02 Å². The Bertz CT molecular complexity index is 1390. The first-order valence-electron chi connectivity index (χ1n) is 10.1. The smallest absolute Gasteiger partial charge is 0.287 e. The molecule has 3 amide bonds. The molecule has 11 heteroatoms. The summed E-state index contributed by atoms with van der Waals surface area (Å²) in [5, 5.41) is 12.6. The van der Waals surface area contributed by atoms with Crippen LogP contribution >= 0.6 is 11.6 Å². The molecule has 0 radical (unpaired) electrons. The lowest BCUT2D eigenvalue weighted by molar-refractivity contribution is -0.385. The van der Waals surface area contributed by atoms with Gasteiger partial charge < -0.3 is 4.74 Å². The van der Waals surface area contributed by atoms with E-state index in [-0.39, 0.29) is 21.7 Å². The fourth-order valence-corrected chi connectivity index (χ4v) is 3.85. The number of carbonyl (C=O) groups is 4. The third-order valence-electron chi connectivity index (χ3n) is 5.35. The molecular weight excluding hydrogens is 478 g/mol. The van der Waals surface area contributed by atoms with Crippen molar-refractivity contribution in [2.45, 2.75) is 0 Å². The monoisotopic (exact) mass is 493 g/mol. The Kier molecular flexibility index (Phi) is 6.30. The molecule has 0 aliphatic carbocycles. The predicted octanol–water partition coefficient (Wildman–Crippen LogP) is 3.79. The Morgan fingerprint density at radius 3 is 2.31 bits per heavy atom. The summed E-state index contributed by atoms with van der Waals surface area (Å²) in [6.45, 7) is -0.713. The molecule has 0 fully saturated rings. The highest BCUT2D eigenvalue weighted by atomic mass is 35.5. The van der Waals surface area contributed by atoms with Gasteiger partial charge in [-0.25, -0.2) is 5.01 Å². The van der Waals surface area contributed by atoms with Crippen molar-refractivity contribution >= 4 is 40.8 Å². The highest BCUT2D eigenvalue weighted by Crippen LogP contribution is 2.32. The summed E-state index contributed by atoms with van der Waals surface area (Å²) >= 11 is 6.16. The Balaban J connectivity index is 1.78. The number of rotatable bonds is 7. The molecule has 0 bridgehead atoms. The molecule has 1 heterocycles. The fourth-order valence-electron chi connectivity index (χ4n) is 3.64. The van der Waals surface area contributed by atoms with Crippen LogP contribution in [0.15, 0.2) is 66.7 Å². The molecule has 0 N–H and O–H groups in total. The normalized spacial score (nSPS) is 12.3. The number of nitro groups is 1. The molecule has 0 atom stereocenters. The van der Waals surface area contributed by atoms with Gasteiger partial charge in [0.15, 0.2) is 5.78 Å². The lowest BCUT2D eigenvalue weighted by Gasteiger charge is -2.29. The summed E-state index contributed by atoms with van der Waals surface area (Å²) in [6, 6.07) is 15.5. The maximum absolute atomic E-state index is 13.5. The first-order chi connectivity index (χ1) is 16.7. The van der Waals surface area contributed by atoms with Gasteiger partial charge in [0.1, 0.15) is 17.9 Å². The molecule has 1 aliphatic heterocycles. The molecule has 3 aromatic rings. The number of halogens is 1. The van der Waals surface area contributed by atoms with Crippen molar-refractivity contribution in [2.75, 3.05) is 13.7 Å². The summed E-state index contributed by atoms with van der Waals surface area (Å²) in [5.41, 5.74) is -1.18. The van der Waals surface area contributed by atoms with Crippen molar-refractivity contribution in [1.82, 2.24) is 10.0 Å². The number of ether oxygens (including phenoxy) is 1. The number of methoxy groups -OCH3 is 1. The Labute approximate surface area is 203 Å². The van der Waals surface area contributed by atoms with Crippen LogP contribution in [0.25, 0.3) is 0 Å². The van der Waals surface area contributed by atoms with Crippen LogP contribution in [0.4, 0.5) is 5.69 Å². The van der Waals surface area contributed by atoms with Gasteiger partial charge in [-0.1, -0.05) is 29.8 Å². The number of hydrogen-bond donors (Lipinski definition) is 0. The minimum absolute atomic E-state index is 0.0296. The van der Waals surface area contributed by atoms with Gasteiger partial charge in [0, 0.05) is 11.6 Å². The van der Waals surface area contributed by atoms with Crippen LogP contribution < -0.4 is 4.74 Å². The number of amides is 3. The molecule has 0 saturated carbocycles.